The van der Waals surface area contributed by atoms with Crippen molar-refractivity contribution in [1.29, 1.82) is 0 Å². The van der Waals surface area contributed by atoms with Gasteiger partial charge in [0.05, 0.1) is 21.0 Å². The number of fused-ring (bicyclic) bond motifs is 4. The average Bonchev–Trinajstić information content (AvgIpc) is 2.59. The Morgan fingerprint density at radius 2 is 2.11 bits per heavy atom. The van der Waals surface area contributed by atoms with Crippen LogP contribution in [0.5, 0.6) is 0 Å². The highest BCUT2D eigenvalue weighted by Gasteiger charge is 2.31. The smallest absolute Gasteiger partial charge is 0.240 e. The number of sulfonamides is 1. The summed E-state index contributed by atoms with van der Waals surface area (Å²) in [5.74, 6) is 0.996. The summed E-state index contributed by atoms with van der Waals surface area (Å²) < 4.78 is 29.0. The standard InChI is InChI=1S/C17H22BrN5O3S/c1-17(2,24)14-7-4-8-19-15-13(18)10-20-16(22-15)21-11-5-3-6-12(9-11)27(25,26)23-14/h3,5-6,9-10,14,23-24H,4,7-8H2,1-2H3,(H2,19,20,21,22). The van der Waals surface area contributed by atoms with Crippen LogP contribution in [0.25, 0.3) is 0 Å². The van der Waals surface area contributed by atoms with Crippen molar-refractivity contribution >= 4 is 43.4 Å². The minimum absolute atomic E-state index is 0.106. The van der Waals surface area contributed by atoms with Gasteiger partial charge in [-0.3, -0.25) is 0 Å². The van der Waals surface area contributed by atoms with Crippen LogP contribution in [-0.4, -0.2) is 41.7 Å². The Morgan fingerprint density at radius 1 is 1.33 bits per heavy atom. The fourth-order valence-electron chi connectivity index (χ4n) is 2.75. The first-order chi connectivity index (χ1) is 12.6. The Bertz CT molecular complexity index is 930. The minimum atomic E-state index is -3.80. The highest BCUT2D eigenvalue weighted by Crippen LogP contribution is 2.25. The van der Waals surface area contributed by atoms with E-state index < -0.39 is 21.7 Å². The van der Waals surface area contributed by atoms with Crippen molar-refractivity contribution in [2.24, 2.45) is 0 Å². The van der Waals surface area contributed by atoms with Gasteiger partial charge in [0.25, 0.3) is 0 Å². The SMILES string of the molecule is CC(C)(O)C1CCCNc2nc(ncc2Br)Nc2cccc(c2)S(=O)(=O)N1. The lowest BCUT2D eigenvalue weighted by atomic mass is 9.95. The van der Waals surface area contributed by atoms with Crippen molar-refractivity contribution in [2.75, 3.05) is 17.2 Å². The summed E-state index contributed by atoms with van der Waals surface area (Å²) in [6, 6.07) is 5.76. The second kappa shape index (κ2) is 7.70. The fraction of sp³-hybridized carbons (Fsp3) is 0.412. The van der Waals surface area contributed by atoms with Crippen LogP contribution in [0, 0.1) is 0 Å². The normalized spacial score (nSPS) is 20.1. The Morgan fingerprint density at radius 3 is 2.85 bits per heavy atom. The Balaban J connectivity index is 2.02. The molecule has 8 nitrogen and oxygen atoms in total. The maximum atomic E-state index is 12.8. The number of nitrogens with zero attached hydrogens (tertiary/aromatic N) is 2. The Labute approximate surface area is 167 Å². The van der Waals surface area contributed by atoms with E-state index in [9.17, 15) is 13.5 Å². The van der Waals surface area contributed by atoms with Gasteiger partial charge in [-0.1, -0.05) is 6.07 Å². The molecule has 3 rings (SSSR count). The van der Waals surface area contributed by atoms with Gasteiger partial charge in [-0.15, -0.1) is 0 Å². The van der Waals surface area contributed by atoms with Crippen molar-refractivity contribution in [2.45, 2.75) is 43.2 Å². The van der Waals surface area contributed by atoms with Crippen molar-refractivity contribution in [3.05, 3.63) is 34.9 Å². The van der Waals surface area contributed by atoms with Crippen molar-refractivity contribution in [1.82, 2.24) is 14.7 Å². The second-order valence-electron chi connectivity index (χ2n) is 6.94. The maximum absolute atomic E-state index is 12.8. The molecule has 2 aromatic rings. The van der Waals surface area contributed by atoms with Crippen molar-refractivity contribution in [3.8, 4) is 0 Å². The topological polar surface area (TPSA) is 116 Å². The molecule has 0 amide bonds. The molecule has 0 aliphatic carbocycles. The summed E-state index contributed by atoms with van der Waals surface area (Å²) in [6.07, 6.45) is 2.73. The van der Waals surface area contributed by atoms with Gasteiger partial charge in [-0.25, -0.2) is 18.1 Å². The van der Waals surface area contributed by atoms with Crippen molar-refractivity contribution < 1.29 is 13.5 Å². The third kappa shape index (κ3) is 4.95. The molecule has 146 valence electrons. The summed E-state index contributed by atoms with van der Waals surface area (Å²) in [5.41, 5.74) is -0.661. The largest absolute Gasteiger partial charge is 0.389 e. The molecule has 0 saturated carbocycles. The van der Waals surface area contributed by atoms with Gasteiger partial charge in [0.15, 0.2) is 0 Å². The molecule has 1 aliphatic heterocycles. The molecular weight excluding hydrogens is 434 g/mol. The summed E-state index contributed by atoms with van der Waals surface area (Å²) in [4.78, 5) is 8.73. The summed E-state index contributed by atoms with van der Waals surface area (Å²) in [5, 5.41) is 16.7. The first-order valence-electron chi connectivity index (χ1n) is 8.53. The van der Waals surface area contributed by atoms with Crippen LogP contribution >= 0.6 is 15.9 Å². The van der Waals surface area contributed by atoms with Gasteiger partial charge in [0.1, 0.15) is 5.82 Å². The molecule has 4 bridgehead atoms. The molecule has 2 heterocycles. The van der Waals surface area contributed by atoms with Crippen LogP contribution in [0.3, 0.4) is 0 Å². The van der Waals surface area contributed by atoms with E-state index in [4.69, 9.17) is 0 Å². The lowest BCUT2D eigenvalue weighted by Gasteiger charge is -2.30. The van der Waals surface area contributed by atoms with E-state index in [0.29, 0.717) is 36.8 Å². The van der Waals surface area contributed by atoms with Crippen LogP contribution in [0.2, 0.25) is 0 Å². The predicted octanol–water partition coefficient (Wildman–Crippen LogP) is 2.61. The second-order valence-corrected chi connectivity index (χ2v) is 9.51. The number of halogens is 1. The van der Waals surface area contributed by atoms with Crippen LogP contribution in [-0.2, 0) is 10.0 Å². The molecule has 10 heteroatoms. The first-order valence-corrected chi connectivity index (χ1v) is 10.8. The lowest BCUT2D eigenvalue weighted by Crippen LogP contribution is -2.49. The molecule has 1 unspecified atom stereocenters. The number of hydrogen-bond donors (Lipinski definition) is 4. The third-order valence-corrected chi connectivity index (χ3v) is 6.31. The number of aromatic nitrogens is 2. The van der Waals surface area contributed by atoms with E-state index in [2.05, 4.69) is 41.3 Å². The zero-order chi connectivity index (χ0) is 19.7. The van der Waals surface area contributed by atoms with E-state index in [1.165, 1.54) is 12.1 Å². The first kappa shape index (κ1) is 20.0. The molecule has 0 spiro atoms. The maximum Gasteiger partial charge on any atom is 0.240 e. The zero-order valence-electron chi connectivity index (χ0n) is 15.0. The number of rotatable bonds is 1. The molecule has 4 N–H and O–H groups in total. The molecule has 1 atom stereocenters. The molecule has 1 aromatic carbocycles. The Kier molecular flexibility index (Phi) is 5.71. The molecule has 1 aliphatic rings. The summed E-state index contributed by atoms with van der Waals surface area (Å²) in [6.45, 7) is 3.76. The predicted molar refractivity (Wildman–Crippen MR) is 108 cm³/mol. The number of benzene rings is 1. The van der Waals surface area contributed by atoms with Gasteiger partial charge in [0.2, 0.25) is 16.0 Å². The van der Waals surface area contributed by atoms with Gasteiger partial charge in [-0.05, 0) is 60.8 Å². The van der Waals surface area contributed by atoms with E-state index in [1.807, 2.05) is 0 Å². The lowest BCUT2D eigenvalue weighted by molar-refractivity contribution is 0.0425. The van der Waals surface area contributed by atoms with Crippen LogP contribution in [0.4, 0.5) is 17.5 Å². The number of hydrogen-bond acceptors (Lipinski definition) is 7. The number of anilines is 3. The van der Waals surface area contributed by atoms with Gasteiger partial charge in [0, 0.05) is 18.4 Å². The van der Waals surface area contributed by atoms with Gasteiger partial charge >= 0.3 is 0 Å². The molecule has 0 radical (unpaired) electrons. The number of aliphatic hydroxyl groups is 1. The van der Waals surface area contributed by atoms with Gasteiger partial charge < -0.3 is 15.7 Å². The molecule has 1 aromatic heterocycles. The molecule has 0 saturated heterocycles. The van der Waals surface area contributed by atoms with Crippen LogP contribution < -0.4 is 15.4 Å². The van der Waals surface area contributed by atoms with E-state index in [-0.39, 0.29) is 4.90 Å². The summed E-state index contributed by atoms with van der Waals surface area (Å²) >= 11 is 3.42. The molecule has 27 heavy (non-hydrogen) atoms. The highest BCUT2D eigenvalue weighted by atomic mass is 79.9. The Hall–Kier alpha value is -1.75. The van der Waals surface area contributed by atoms with Crippen LogP contribution in [0.15, 0.2) is 39.8 Å². The van der Waals surface area contributed by atoms with Crippen molar-refractivity contribution in [3.63, 3.8) is 0 Å². The highest BCUT2D eigenvalue weighted by molar-refractivity contribution is 9.10. The summed E-state index contributed by atoms with van der Waals surface area (Å²) in [7, 11) is -3.80. The van der Waals surface area contributed by atoms with Crippen LogP contribution in [0.1, 0.15) is 26.7 Å². The third-order valence-electron chi connectivity index (χ3n) is 4.26. The monoisotopic (exact) mass is 455 g/mol. The van der Waals surface area contributed by atoms with E-state index >= 15 is 0 Å². The zero-order valence-corrected chi connectivity index (χ0v) is 17.4. The fourth-order valence-corrected chi connectivity index (χ4v) is 4.53. The average molecular weight is 456 g/mol. The minimum Gasteiger partial charge on any atom is -0.389 e. The molecular formula is C17H22BrN5O3S. The van der Waals surface area contributed by atoms with E-state index in [0.717, 1.165) is 4.47 Å². The number of nitrogens with one attached hydrogen (secondary N) is 3. The molecule has 0 fully saturated rings. The van der Waals surface area contributed by atoms with Gasteiger partial charge in [-0.2, -0.15) is 4.98 Å². The van der Waals surface area contributed by atoms with E-state index in [1.54, 1.807) is 32.2 Å². The quantitative estimate of drug-likeness (QED) is 0.521.